The van der Waals surface area contributed by atoms with E-state index in [0.29, 0.717) is 11.7 Å². The average molecular weight is 694 g/mol. The van der Waals surface area contributed by atoms with Gasteiger partial charge in [-0.25, -0.2) is 0 Å². The van der Waals surface area contributed by atoms with Crippen molar-refractivity contribution in [3.63, 3.8) is 0 Å². The predicted octanol–water partition coefficient (Wildman–Crippen LogP) is 13.2. The molecule has 8 aromatic carbocycles. The van der Waals surface area contributed by atoms with Crippen LogP contribution in [0.3, 0.4) is 0 Å². The van der Waals surface area contributed by atoms with Crippen molar-refractivity contribution < 1.29 is 4.42 Å². The Morgan fingerprint density at radius 2 is 1.11 bits per heavy atom. The number of para-hydroxylation sites is 1. The van der Waals surface area contributed by atoms with E-state index in [-0.39, 0.29) is 0 Å². The average Bonchev–Trinajstić information content (AvgIpc) is 3.63. The third kappa shape index (κ3) is 5.78. The fraction of sp³-hybridized carbons (Fsp3) is 0.0204. The Morgan fingerprint density at radius 1 is 0.481 bits per heavy atom. The highest BCUT2D eigenvalue weighted by atomic mass is 16.3. The third-order valence-electron chi connectivity index (χ3n) is 10.0. The zero-order chi connectivity index (χ0) is 35.8. The molecule has 0 saturated carbocycles. The van der Waals surface area contributed by atoms with Gasteiger partial charge in [-0.3, -0.25) is 4.99 Å². The molecule has 2 heterocycles. The highest BCUT2D eigenvalue weighted by Gasteiger charge is 2.23. The van der Waals surface area contributed by atoms with Crippen molar-refractivity contribution in [3.8, 4) is 11.1 Å². The molecule has 0 N–H and O–H groups in total. The highest BCUT2D eigenvalue weighted by Crippen LogP contribution is 2.45. The summed E-state index contributed by atoms with van der Waals surface area (Å²) in [6.45, 7) is 0. The summed E-state index contributed by atoms with van der Waals surface area (Å²) in [5, 5.41) is 9.59. The number of nitrogens with zero attached hydrogens (tertiary/aromatic N) is 4. The Balaban J connectivity index is 1.21. The van der Waals surface area contributed by atoms with E-state index in [0.717, 1.165) is 66.6 Å². The van der Waals surface area contributed by atoms with E-state index in [1.807, 2.05) is 66.7 Å². The number of anilines is 3. The van der Waals surface area contributed by atoms with Gasteiger partial charge in [0.15, 0.2) is 0 Å². The van der Waals surface area contributed by atoms with Crippen LogP contribution in [0.25, 0.3) is 49.2 Å². The number of amidine groups is 2. The van der Waals surface area contributed by atoms with Gasteiger partial charge in [-0.2, -0.15) is 0 Å². The first-order chi connectivity index (χ1) is 26.7. The van der Waals surface area contributed by atoms with Crippen LogP contribution in [-0.4, -0.2) is 11.7 Å². The molecule has 5 nitrogen and oxygen atoms in total. The van der Waals surface area contributed by atoms with Gasteiger partial charge >= 0.3 is 0 Å². The van der Waals surface area contributed by atoms with Crippen LogP contribution < -0.4 is 4.90 Å². The molecule has 0 amide bonds. The molecule has 0 radical (unpaired) electrons. The normalized spacial score (nSPS) is 14.1. The summed E-state index contributed by atoms with van der Waals surface area (Å²) in [4.78, 5) is 12.5. The summed E-state index contributed by atoms with van der Waals surface area (Å²) in [5.41, 5.74) is 9.69. The summed E-state index contributed by atoms with van der Waals surface area (Å²) in [6.07, 6.45) is -0.453. The van der Waals surface area contributed by atoms with E-state index < -0.39 is 6.17 Å². The van der Waals surface area contributed by atoms with Gasteiger partial charge in [0.1, 0.15) is 11.2 Å². The molecule has 10 rings (SSSR count). The third-order valence-corrected chi connectivity index (χ3v) is 10.0. The van der Waals surface area contributed by atoms with Gasteiger partial charge in [-0.1, -0.05) is 157 Å². The number of fused-ring (bicyclic) bond motifs is 4. The van der Waals surface area contributed by atoms with Crippen molar-refractivity contribution in [3.05, 3.63) is 216 Å². The molecule has 1 aliphatic heterocycles. The Bertz CT molecular complexity index is 2840. The van der Waals surface area contributed by atoms with Gasteiger partial charge in [0.05, 0.1) is 23.1 Å². The zero-order valence-electron chi connectivity index (χ0n) is 29.2. The van der Waals surface area contributed by atoms with Crippen molar-refractivity contribution in [2.75, 3.05) is 4.90 Å². The van der Waals surface area contributed by atoms with Gasteiger partial charge in [-0.15, -0.1) is 0 Å². The molecule has 9 aromatic rings. The van der Waals surface area contributed by atoms with Crippen LogP contribution in [0.4, 0.5) is 17.1 Å². The molecule has 0 aliphatic carbocycles. The van der Waals surface area contributed by atoms with Crippen molar-refractivity contribution in [1.29, 1.82) is 0 Å². The van der Waals surface area contributed by atoms with Crippen molar-refractivity contribution in [1.82, 2.24) is 0 Å². The van der Waals surface area contributed by atoms with Gasteiger partial charge in [0, 0.05) is 16.8 Å². The van der Waals surface area contributed by atoms with Crippen LogP contribution in [0.1, 0.15) is 22.9 Å². The standard InChI is InChI=1S/C49H33N4O/c1-4-14-33(15-5-1)35-24-27-40(28-25-35)53(41-29-26-34-16-10-11-21-38(34)30-41)43-31-39(32-45-46(43)42-22-12-13-23-44(42)54-45)49-51-47(36-17-6-2-7-18-36)50-48(52-49)37-19-8-3-9-20-37/h1-32,47H/q-1. The smallest absolute Gasteiger partial charge is 0.138 e. The second-order valence-corrected chi connectivity index (χ2v) is 13.4. The van der Waals surface area contributed by atoms with Crippen LogP contribution in [0.5, 0.6) is 0 Å². The summed E-state index contributed by atoms with van der Waals surface area (Å²) in [7, 11) is 0. The number of benzene rings is 8. The minimum atomic E-state index is -0.453. The molecule has 1 unspecified atom stereocenters. The number of hydrogen-bond donors (Lipinski definition) is 0. The fourth-order valence-corrected chi connectivity index (χ4v) is 7.37. The monoisotopic (exact) mass is 693 g/mol. The molecule has 256 valence electrons. The first-order valence-corrected chi connectivity index (χ1v) is 18.1. The molecule has 1 aliphatic rings. The van der Waals surface area contributed by atoms with Crippen LogP contribution >= 0.6 is 0 Å². The first-order valence-electron chi connectivity index (χ1n) is 18.1. The first kappa shape index (κ1) is 31.5. The summed E-state index contributed by atoms with van der Waals surface area (Å²) in [5.74, 6) is 1.24. The lowest BCUT2D eigenvalue weighted by Crippen LogP contribution is -2.17. The Hall–Kier alpha value is -7.24. The van der Waals surface area contributed by atoms with Crippen LogP contribution in [0.15, 0.2) is 209 Å². The summed E-state index contributed by atoms with van der Waals surface area (Å²) >= 11 is 0. The van der Waals surface area contributed by atoms with Crippen molar-refractivity contribution >= 4 is 61.4 Å². The van der Waals surface area contributed by atoms with E-state index in [2.05, 4.69) is 132 Å². The molecular weight excluding hydrogens is 661 g/mol. The molecule has 0 fully saturated rings. The lowest BCUT2D eigenvalue weighted by molar-refractivity contribution is 0.669. The van der Waals surface area contributed by atoms with Crippen LogP contribution in [0, 0.1) is 0 Å². The van der Waals surface area contributed by atoms with Crippen molar-refractivity contribution in [2.45, 2.75) is 6.17 Å². The predicted molar refractivity (Wildman–Crippen MR) is 223 cm³/mol. The number of rotatable bonds is 7. The second-order valence-electron chi connectivity index (χ2n) is 13.4. The summed E-state index contributed by atoms with van der Waals surface area (Å²) in [6, 6.07) is 67.3. The lowest BCUT2D eigenvalue weighted by atomic mass is 10.0. The minimum Gasteiger partial charge on any atom is -0.456 e. The Labute approximate surface area is 313 Å². The molecule has 1 atom stereocenters. The molecule has 0 spiro atoms. The second kappa shape index (κ2) is 13.4. The van der Waals surface area contributed by atoms with Crippen molar-refractivity contribution in [2.24, 2.45) is 9.98 Å². The maximum atomic E-state index is 6.66. The summed E-state index contributed by atoms with van der Waals surface area (Å²) < 4.78 is 6.66. The molecule has 5 heteroatoms. The van der Waals surface area contributed by atoms with Crippen LogP contribution in [-0.2, 0) is 0 Å². The lowest BCUT2D eigenvalue weighted by Gasteiger charge is -2.33. The van der Waals surface area contributed by atoms with Gasteiger partial charge in [0.2, 0.25) is 0 Å². The van der Waals surface area contributed by atoms with E-state index in [4.69, 9.17) is 19.7 Å². The van der Waals surface area contributed by atoms with Gasteiger partial charge in [0.25, 0.3) is 0 Å². The number of hydrogen-bond acceptors (Lipinski definition) is 4. The van der Waals surface area contributed by atoms with Crippen LogP contribution in [0.2, 0.25) is 0 Å². The minimum absolute atomic E-state index is 0.453. The molecule has 0 bridgehead atoms. The van der Waals surface area contributed by atoms with E-state index in [9.17, 15) is 0 Å². The quantitative estimate of drug-likeness (QED) is 0.167. The van der Waals surface area contributed by atoms with E-state index >= 15 is 0 Å². The SMILES string of the molecule is c1ccc(C2=NC(c3ccccc3)[N-]C(c3cc(N(c4ccc(-c5ccccc5)cc4)c4ccc5ccccc5c4)c4c(c3)oc3ccccc34)=N2)cc1. The van der Waals surface area contributed by atoms with E-state index in [1.165, 1.54) is 10.9 Å². The Kier molecular flexibility index (Phi) is 7.81. The molecule has 0 saturated heterocycles. The Morgan fingerprint density at radius 3 is 1.89 bits per heavy atom. The van der Waals surface area contributed by atoms with Gasteiger partial charge < -0.3 is 19.6 Å². The molecule has 1 aromatic heterocycles. The fourth-order valence-electron chi connectivity index (χ4n) is 7.37. The maximum Gasteiger partial charge on any atom is 0.138 e. The topological polar surface area (TPSA) is 55.2 Å². The van der Waals surface area contributed by atoms with E-state index in [1.54, 1.807) is 0 Å². The maximum absolute atomic E-state index is 6.66. The number of furan rings is 1. The van der Waals surface area contributed by atoms with Gasteiger partial charge in [-0.05, 0) is 81.1 Å². The largest absolute Gasteiger partial charge is 0.456 e. The molecule has 54 heavy (non-hydrogen) atoms. The molecular formula is C49H33N4O-. The number of aliphatic imine (C=N–C) groups is 2. The highest BCUT2D eigenvalue weighted by molar-refractivity contribution is 6.22. The zero-order valence-corrected chi connectivity index (χ0v) is 29.2.